The lowest BCUT2D eigenvalue weighted by Gasteiger charge is -2.26. The molecule has 0 fully saturated rings. The fourth-order valence-electron chi connectivity index (χ4n) is 3.67. The van der Waals surface area contributed by atoms with Crippen molar-refractivity contribution in [1.29, 1.82) is 0 Å². The van der Waals surface area contributed by atoms with Gasteiger partial charge >= 0.3 is 0 Å². The van der Waals surface area contributed by atoms with Crippen LogP contribution in [0.1, 0.15) is 26.5 Å². The van der Waals surface area contributed by atoms with E-state index >= 15 is 0 Å². The number of benzene rings is 2. The lowest BCUT2D eigenvalue weighted by atomic mass is 10.0. The highest BCUT2D eigenvalue weighted by Crippen LogP contribution is 2.30. The van der Waals surface area contributed by atoms with Crippen LogP contribution in [0.2, 0.25) is 0 Å². The van der Waals surface area contributed by atoms with Gasteiger partial charge in [-0.25, -0.2) is 4.98 Å². The molecule has 1 N–H and O–H groups in total. The molecule has 1 aliphatic heterocycles. The van der Waals surface area contributed by atoms with Gasteiger partial charge < -0.3 is 4.42 Å². The molecule has 0 atom stereocenters. The molecule has 0 radical (unpaired) electrons. The Morgan fingerprint density at radius 2 is 2.07 bits per heavy atom. The molecule has 0 unspecified atom stereocenters. The molecule has 2 aromatic carbocycles. The molecule has 0 aliphatic carbocycles. The fraction of sp³-hybridized carbons (Fsp3) is 0.182. The van der Waals surface area contributed by atoms with Gasteiger partial charge in [0.2, 0.25) is 0 Å². The summed E-state index contributed by atoms with van der Waals surface area (Å²) < 4.78 is 4.97. The molecule has 1 aliphatic rings. The Hall–Kier alpha value is -2.96. The Bertz CT molecular complexity index is 1130. The first-order chi connectivity index (χ1) is 13.8. The first kappa shape index (κ1) is 17.2. The molecule has 0 saturated carbocycles. The average Bonchev–Trinajstić information content (AvgIpc) is 3.37. The van der Waals surface area contributed by atoms with Crippen molar-refractivity contribution in [1.82, 2.24) is 9.88 Å². The van der Waals surface area contributed by atoms with E-state index in [0.29, 0.717) is 10.7 Å². The minimum absolute atomic E-state index is 0.188. The number of carbonyl (C=O) groups is 1. The van der Waals surface area contributed by atoms with Gasteiger partial charge in [0.1, 0.15) is 6.26 Å². The van der Waals surface area contributed by atoms with Crippen LogP contribution < -0.4 is 5.32 Å². The summed E-state index contributed by atoms with van der Waals surface area (Å²) in [6.07, 6.45) is 3.83. The van der Waals surface area contributed by atoms with Gasteiger partial charge in [0.25, 0.3) is 5.91 Å². The minimum atomic E-state index is -0.188. The first-order valence-corrected chi connectivity index (χ1v) is 10.1. The number of rotatable bonds is 4. The summed E-state index contributed by atoms with van der Waals surface area (Å²) in [5, 5.41) is 6.13. The summed E-state index contributed by atoms with van der Waals surface area (Å²) >= 11 is 1.56. The number of amides is 1. The minimum Gasteiger partial charge on any atom is -0.472 e. The molecule has 28 heavy (non-hydrogen) atoms. The van der Waals surface area contributed by atoms with Crippen molar-refractivity contribution in [3.8, 4) is 0 Å². The van der Waals surface area contributed by atoms with Gasteiger partial charge in [0.15, 0.2) is 5.13 Å². The number of aromatic nitrogens is 1. The van der Waals surface area contributed by atoms with Crippen LogP contribution in [0.25, 0.3) is 10.8 Å². The lowest BCUT2D eigenvalue weighted by Crippen LogP contribution is -2.29. The van der Waals surface area contributed by atoms with E-state index in [0.717, 1.165) is 31.7 Å². The van der Waals surface area contributed by atoms with Gasteiger partial charge in [-0.3, -0.25) is 15.0 Å². The zero-order valence-corrected chi connectivity index (χ0v) is 16.0. The smallest absolute Gasteiger partial charge is 0.260 e. The van der Waals surface area contributed by atoms with E-state index < -0.39 is 0 Å². The largest absolute Gasteiger partial charge is 0.472 e. The number of hydrogen-bond acceptors (Lipinski definition) is 5. The summed E-state index contributed by atoms with van der Waals surface area (Å²) in [7, 11) is 0. The number of fused-ring (bicyclic) bond motifs is 2. The first-order valence-electron chi connectivity index (χ1n) is 9.27. The predicted octanol–water partition coefficient (Wildman–Crippen LogP) is 4.70. The van der Waals surface area contributed by atoms with Gasteiger partial charge in [0, 0.05) is 30.9 Å². The SMILES string of the molecule is O=C(Nc1nc2c(s1)CN(Cc1cccc3ccccc13)CC2)c1ccoc1. The Morgan fingerprint density at radius 3 is 2.96 bits per heavy atom. The fourth-order valence-corrected chi connectivity index (χ4v) is 4.72. The molecule has 4 aromatic rings. The van der Waals surface area contributed by atoms with Crippen LogP contribution in [0.15, 0.2) is 65.5 Å². The number of hydrogen-bond donors (Lipinski definition) is 1. The molecule has 140 valence electrons. The second-order valence-electron chi connectivity index (χ2n) is 6.95. The third kappa shape index (κ3) is 3.32. The van der Waals surface area contributed by atoms with Crippen LogP contribution in [0.3, 0.4) is 0 Å². The summed E-state index contributed by atoms with van der Waals surface area (Å²) in [6, 6.07) is 16.7. The average molecular weight is 389 g/mol. The van der Waals surface area contributed by atoms with Crippen molar-refractivity contribution in [2.24, 2.45) is 0 Å². The molecule has 0 bridgehead atoms. The monoisotopic (exact) mass is 389 g/mol. The van der Waals surface area contributed by atoms with Crippen LogP contribution in [-0.4, -0.2) is 22.3 Å². The molecule has 1 amide bonds. The summed E-state index contributed by atoms with van der Waals surface area (Å²) in [4.78, 5) is 20.5. The molecule has 6 heteroatoms. The topological polar surface area (TPSA) is 58.4 Å². The van der Waals surface area contributed by atoms with E-state index in [4.69, 9.17) is 4.42 Å². The van der Waals surface area contributed by atoms with E-state index in [2.05, 4.69) is 57.7 Å². The van der Waals surface area contributed by atoms with Gasteiger partial charge in [-0.2, -0.15) is 0 Å². The highest BCUT2D eigenvalue weighted by molar-refractivity contribution is 7.15. The van der Waals surface area contributed by atoms with Crippen molar-refractivity contribution in [3.05, 3.63) is 82.8 Å². The van der Waals surface area contributed by atoms with Crippen LogP contribution in [-0.2, 0) is 19.5 Å². The Labute approximate surface area is 166 Å². The van der Waals surface area contributed by atoms with Crippen molar-refractivity contribution in [3.63, 3.8) is 0 Å². The number of thiazole rings is 1. The lowest BCUT2D eigenvalue weighted by molar-refractivity contribution is 0.102. The second kappa shape index (κ2) is 7.22. The van der Waals surface area contributed by atoms with E-state index in [1.807, 2.05) is 0 Å². The molecule has 0 saturated heterocycles. The van der Waals surface area contributed by atoms with Crippen molar-refractivity contribution in [2.45, 2.75) is 19.5 Å². The quantitative estimate of drug-likeness (QED) is 0.550. The second-order valence-corrected chi connectivity index (χ2v) is 8.04. The standard InChI is InChI=1S/C22H19N3O2S/c26-21(17-9-11-27-14-17)24-22-23-19-8-10-25(13-20(19)28-22)12-16-6-3-5-15-4-1-2-7-18(15)16/h1-7,9,11,14H,8,10,12-13H2,(H,23,24,26). The van der Waals surface area contributed by atoms with Crippen molar-refractivity contribution in [2.75, 3.05) is 11.9 Å². The summed E-state index contributed by atoms with van der Waals surface area (Å²) in [5.41, 5.74) is 2.95. The molecular weight excluding hydrogens is 370 g/mol. The van der Waals surface area contributed by atoms with E-state index in [-0.39, 0.29) is 5.91 Å². The Morgan fingerprint density at radius 1 is 1.18 bits per heavy atom. The third-order valence-electron chi connectivity index (χ3n) is 5.09. The van der Waals surface area contributed by atoms with Gasteiger partial charge in [-0.1, -0.05) is 42.5 Å². The Balaban J connectivity index is 1.31. The maximum absolute atomic E-state index is 12.2. The van der Waals surface area contributed by atoms with Gasteiger partial charge in [0.05, 0.1) is 17.5 Å². The normalized spacial score (nSPS) is 14.1. The molecule has 3 heterocycles. The van der Waals surface area contributed by atoms with Gasteiger partial charge in [-0.15, -0.1) is 11.3 Å². The summed E-state index contributed by atoms with van der Waals surface area (Å²) in [5.74, 6) is -0.188. The highest BCUT2D eigenvalue weighted by atomic mass is 32.1. The maximum atomic E-state index is 12.2. The van der Waals surface area contributed by atoms with E-state index in [9.17, 15) is 4.79 Å². The summed E-state index contributed by atoms with van der Waals surface area (Å²) in [6.45, 7) is 2.74. The number of carbonyl (C=O) groups excluding carboxylic acids is 1. The molecule has 2 aromatic heterocycles. The van der Waals surface area contributed by atoms with E-state index in [1.165, 1.54) is 33.7 Å². The van der Waals surface area contributed by atoms with Crippen LogP contribution in [0, 0.1) is 0 Å². The van der Waals surface area contributed by atoms with Gasteiger partial charge in [-0.05, 0) is 22.4 Å². The number of nitrogens with zero attached hydrogens (tertiary/aromatic N) is 2. The van der Waals surface area contributed by atoms with Crippen LogP contribution in [0.4, 0.5) is 5.13 Å². The molecule has 0 spiro atoms. The van der Waals surface area contributed by atoms with Crippen LogP contribution >= 0.6 is 11.3 Å². The third-order valence-corrected chi connectivity index (χ3v) is 6.09. The predicted molar refractivity (Wildman–Crippen MR) is 111 cm³/mol. The van der Waals surface area contributed by atoms with Crippen molar-refractivity contribution >= 4 is 33.1 Å². The molecule has 5 nitrogen and oxygen atoms in total. The van der Waals surface area contributed by atoms with E-state index in [1.54, 1.807) is 17.4 Å². The van der Waals surface area contributed by atoms with Crippen molar-refractivity contribution < 1.29 is 9.21 Å². The number of furan rings is 1. The molecule has 5 rings (SSSR count). The maximum Gasteiger partial charge on any atom is 0.260 e. The van der Waals surface area contributed by atoms with Crippen LogP contribution in [0.5, 0.6) is 0 Å². The highest BCUT2D eigenvalue weighted by Gasteiger charge is 2.22. The number of nitrogens with one attached hydrogen (secondary N) is 1. The molecular formula is C22H19N3O2S. The zero-order chi connectivity index (χ0) is 18.9. The number of anilines is 1. The Kier molecular flexibility index (Phi) is 4.43. The zero-order valence-electron chi connectivity index (χ0n) is 15.2.